The number of hydrogen-bond acceptors (Lipinski definition) is 6. The van der Waals surface area contributed by atoms with Crippen LogP contribution in [0.2, 0.25) is 0 Å². The Morgan fingerprint density at radius 1 is 1.31 bits per heavy atom. The molecule has 0 aromatic heterocycles. The highest BCUT2D eigenvalue weighted by atomic mass is 16.6. The van der Waals surface area contributed by atoms with Gasteiger partial charge in [0.1, 0.15) is 30.5 Å². The van der Waals surface area contributed by atoms with Crippen LogP contribution >= 0.6 is 0 Å². The molecule has 0 aromatic rings. The molecular weight excluding hydrogens is 174 g/mol. The minimum Gasteiger partial charge on any atom is -0.389 e. The number of fused-ring (bicyclic) bond motifs is 4. The van der Waals surface area contributed by atoms with Crippen molar-refractivity contribution in [3.63, 3.8) is 0 Å². The van der Waals surface area contributed by atoms with Gasteiger partial charge in [-0.3, -0.25) is 0 Å². The van der Waals surface area contributed by atoms with E-state index in [1.807, 2.05) is 0 Å². The second kappa shape index (κ2) is 2.14. The first kappa shape index (κ1) is 7.54. The number of aliphatic hydroxyl groups excluding tert-OH is 2. The summed E-state index contributed by atoms with van der Waals surface area (Å²) in [6.45, 7) is 0. The SMILES string of the molecule is NC1=NC2C(O)C(N1)C1OC1C2O. The van der Waals surface area contributed by atoms with Crippen molar-refractivity contribution in [2.45, 2.75) is 36.5 Å². The van der Waals surface area contributed by atoms with Gasteiger partial charge in [-0.05, 0) is 0 Å². The summed E-state index contributed by atoms with van der Waals surface area (Å²) in [5.41, 5.74) is 5.49. The molecule has 3 rings (SSSR count). The van der Waals surface area contributed by atoms with Crippen LogP contribution < -0.4 is 11.1 Å². The van der Waals surface area contributed by atoms with Gasteiger partial charge in [0, 0.05) is 0 Å². The molecular formula is C7H11N3O3. The summed E-state index contributed by atoms with van der Waals surface area (Å²) in [7, 11) is 0. The van der Waals surface area contributed by atoms with E-state index in [0.717, 1.165) is 0 Å². The van der Waals surface area contributed by atoms with E-state index in [1.54, 1.807) is 0 Å². The van der Waals surface area contributed by atoms with Gasteiger partial charge in [-0.1, -0.05) is 0 Å². The molecule has 1 saturated carbocycles. The van der Waals surface area contributed by atoms with E-state index in [-0.39, 0.29) is 24.2 Å². The Balaban J connectivity index is 1.98. The van der Waals surface area contributed by atoms with Gasteiger partial charge in [0.05, 0.1) is 6.04 Å². The van der Waals surface area contributed by atoms with Crippen molar-refractivity contribution in [3.8, 4) is 0 Å². The highest BCUT2D eigenvalue weighted by Crippen LogP contribution is 2.39. The van der Waals surface area contributed by atoms with E-state index >= 15 is 0 Å². The first-order valence-corrected chi connectivity index (χ1v) is 4.30. The number of aliphatic imine (C=N–C) groups is 1. The molecule has 0 spiro atoms. The average Bonchev–Trinajstić information content (AvgIpc) is 2.84. The highest BCUT2D eigenvalue weighted by Gasteiger charge is 2.62. The third kappa shape index (κ3) is 0.849. The monoisotopic (exact) mass is 185 g/mol. The van der Waals surface area contributed by atoms with Crippen molar-refractivity contribution in [2.24, 2.45) is 10.7 Å². The van der Waals surface area contributed by atoms with Crippen LogP contribution in [-0.2, 0) is 4.74 Å². The molecule has 0 amide bonds. The summed E-state index contributed by atoms with van der Waals surface area (Å²) in [4.78, 5) is 3.94. The smallest absolute Gasteiger partial charge is 0.189 e. The highest BCUT2D eigenvalue weighted by molar-refractivity contribution is 5.79. The Bertz CT molecular complexity index is 282. The fraction of sp³-hybridized carbons (Fsp3) is 0.857. The molecule has 2 fully saturated rings. The van der Waals surface area contributed by atoms with Gasteiger partial charge < -0.3 is 26.0 Å². The maximum Gasteiger partial charge on any atom is 0.189 e. The Morgan fingerprint density at radius 2 is 2.08 bits per heavy atom. The molecule has 5 N–H and O–H groups in total. The largest absolute Gasteiger partial charge is 0.389 e. The number of hydrogen-bond donors (Lipinski definition) is 4. The average molecular weight is 185 g/mol. The van der Waals surface area contributed by atoms with Crippen LogP contribution in [-0.4, -0.2) is 52.7 Å². The van der Waals surface area contributed by atoms with Gasteiger partial charge in [-0.2, -0.15) is 0 Å². The third-order valence-corrected chi connectivity index (χ3v) is 2.92. The van der Waals surface area contributed by atoms with Gasteiger partial charge >= 0.3 is 0 Å². The van der Waals surface area contributed by atoms with E-state index in [4.69, 9.17) is 10.5 Å². The number of ether oxygens (including phenoxy) is 1. The lowest BCUT2D eigenvalue weighted by molar-refractivity contribution is 0.0110. The molecule has 6 nitrogen and oxygen atoms in total. The van der Waals surface area contributed by atoms with Crippen LogP contribution in [0.3, 0.4) is 0 Å². The van der Waals surface area contributed by atoms with Crippen LogP contribution in [0.1, 0.15) is 0 Å². The lowest BCUT2D eigenvalue weighted by Gasteiger charge is -2.37. The van der Waals surface area contributed by atoms with Crippen molar-refractivity contribution in [1.82, 2.24) is 5.32 Å². The molecule has 6 atom stereocenters. The standard InChI is InChI=1S/C7H11N3O3/c8-7-9-1-3(11)2(10-7)5-6(13-5)4(1)12/h1-6,11-12H,(H3,8,9,10). The number of nitrogens with two attached hydrogens (primary N) is 1. The number of aliphatic hydroxyl groups is 2. The lowest BCUT2D eigenvalue weighted by Crippen LogP contribution is -2.64. The molecule has 6 heteroatoms. The molecule has 6 unspecified atom stereocenters. The lowest BCUT2D eigenvalue weighted by atomic mass is 9.85. The fourth-order valence-electron chi connectivity index (χ4n) is 2.19. The van der Waals surface area contributed by atoms with Crippen molar-refractivity contribution in [1.29, 1.82) is 0 Å². The molecule has 1 aliphatic carbocycles. The van der Waals surface area contributed by atoms with Crippen molar-refractivity contribution < 1.29 is 14.9 Å². The molecule has 0 radical (unpaired) electrons. The van der Waals surface area contributed by atoms with E-state index < -0.39 is 18.2 Å². The zero-order valence-electron chi connectivity index (χ0n) is 6.79. The predicted octanol–water partition coefficient (Wildman–Crippen LogP) is -2.86. The minimum atomic E-state index is -0.725. The summed E-state index contributed by atoms with van der Waals surface area (Å²) < 4.78 is 5.22. The summed E-state index contributed by atoms with van der Waals surface area (Å²) in [6.07, 6.45) is -1.72. The van der Waals surface area contributed by atoms with Crippen LogP contribution in [0.4, 0.5) is 0 Å². The zero-order valence-corrected chi connectivity index (χ0v) is 6.79. The van der Waals surface area contributed by atoms with Crippen molar-refractivity contribution in [2.75, 3.05) is 0 Å². The first-order valence-electron chi connectivity index (χ1n) is 4.30. The fourth-order valence-corrected chi connectivity index (χ4v) is 2.19. The number of nitrogens with one attached hydrogen (secondary N) is 1. The molecule has 3 aliphatic rings. The van der Waals surface area contributed by atoms with Crippen LogP contribution in [0.15, 0.2) is 4.99 Å². The van der Waals surface area contributed by atoms with Gasteiger partial charge in [-0.15, -0.1) is 0 Å². The third-order valence-electron chi connectivity index (χ3n) is 2.92. The normalized spacial score (nSPS) is 57.5. The summed E-state index contributed by atoms with van der Waals surface area (Å²) in [5, 5.41) is 22.2. The number of epoxide rings is 1. The number of rotatable bonds is 0. The van der Waals surface area contributed by atoms with Crippen LogP contribution in [0.25, 0.3) is 0 Å². The minimum absolute atomic E-state index is 0.115. The maximum absolute atomic E-state index is 9.71. The Hall–Kier alpha value is -0.850. The summed E-state index contributed by atoms with van der Waals surface area (Å²) in [5.74, 6) is 0.272. The maximum atomic E-state index is 9.71. The molecule has 13 heavy (non-hydrogen) atoms. The van der Waals surface area contributed by atoms with Crippen molar-refractivity contribution in [3.05, 3.63) is 0 Å². The van der Waals surface area contributed by atoms with Gasteiger partial charge in [-0.25, -0.2) is 4.99 Å². The second-order valence-corrected chi connectivity index (χ2v) is 3.72. The first-order chi connectivity index (χ1) is 6.18. The van der Waals surface area contributed by atoms with Crippen LogP contribution in [0.5, 0.6) is 0 Å². The van der Waals surface area contributed by atoms with Gasteiger partial charge in [0.25, 0.3) is 0 Å². The topological polar surface area (TPSA) is 103 Å². The Kier molecular flexibility index (Phi) is 1.24. The Morgan fingerprint density at radius 3 is 2.85 bits per heavy atom. The molecule has 1 saturated heterocycles. The number of nitrogens with zero attached hydrogens (tertiary/aromatic N) is 1. The second-order valence-electron chi connectivity index (χ2n) is 3.72. The van der Waals surface area contributed by atoms with E-state index in [9.17, 15) is 10.2 Å². The van der Waals surface area contributed by atoms with Gasteiger partial charge in [0.2, 0.25) is 0 Å². The predicted molar refractivity (Wildman–Crippen MR) is 43.0 cm³/mol. The zero-order chi connectivity index (χ0) is 9.16. The molecule has 0 aromatic carbocycles. The summed E-state index contributed by atoms with van der Waals surface area (Å²) >= 11 is 0. The molecule has 2 aliphatic heterocycles. The molecule has 2 bridgehead atoms. The Labute approximate surface area is 74.4 Å². The van der Waals surface area contributed by atoms with Crippen molar-refractivity contribution >= 4 is 5.96 Å². The van der Waals surface area contributed by atoms with Gasteiger partial charge in [0.15, 0.2) is 5.96 Å². The van der Waals surface area contributed by atoms with E-state index in [2.05, 4.69) is 10.3 Å². The summed E-state index contributed by atoms with van der Waals surface area (Å²) in [6, 6.07) is -0.745. The molecule has 2 heterocycles. The van der Waals surface area contributed by atoms with E-state index in [1.165, 1.54) is 0 Å². The quantitative estimate of drug-likeness (QED) is 0.304. The van der Waals surface area contributed by atoms with E-state index in [0.29, 0.717) is 0 Å². The number of guanidine groups is 1. The van der Waals surface area contributed by atoms with Crippen LogP contribution in [0, 0.1) is 0 Å². The molecule has 72 valence electrons.